The lowest BCUT2D eigenvalue weighted by atomic mass is 10.1. The Kier molecular flexibility index (Phi) is 6.04. The predicted octanol–water partition coefficient (Wildman–Crippen LogP) is 1.10. The van der Waals surface area contributed by atoms with Gasteiger partial charge in [-0.3, -0.25) is 9.36 Å². The maximum absolute atomic E-state index is 13.2. The summed E-state index contributed by atoms with van der Waals surface area (Å²) in [6, 6.07) is 10.5. The minimum Gasteiger partial charge on any atom is -0.371 e. The molecular formula is C20H22N4O3. The summed E-state index contributed by atoms with van der Waals surface area (Å²) in [4.78, 5) is 17.2. The highest BCUT2D eigenvalue weighted by molar-refractivity contribution is 5.82. The van der Waals surface area contributed by atoms with E-state index >= 15 is 0 Å². The monoisotopic (exact) mass is 366 g/mol. The number of hydrogen-bond acceptors (Lipinski definition) is 5. The number of imidazole rings is 1. The topological polar surface area (TPSA) is 95.3 Å². The maximum Gasteiger partial charge on any atom is 0.213 e. The van der Waals surface area contributed by atoms with Gasteiger partial charge in [0.15, 0.2) is 0 Å². The van der Waals surface area contributed by atoms with Gasteiger partial charge in [0, 0.05) is 36.2 Å². The average Bonchev–Trinajstić information content (AvgIpc) is 3.21. The number of para-hydroxylation sites is 1. The van der Waals surface area contributed by atoms with E-state index < -0.39 is 0 Å². The number of aliphatic hydroxyl groups excluding tert-OH is 1. The van der Waals surface area contributed by atoms with Crippen molar-refractivity contribution in [2.75, 3.05) is 19.9 Å². The van der Waals surface area contributed by atoms with Gasteiger partial charge in [0.1, 0.15) is 12.5 Å². The van der Waals surface area contributed by atoms with Crippen LogP contribution in [0.3, 0.4) is 0 Å². The Morgan fingerprint density at radius 2 is 2.19 bits per heavy atom. The molecule has 0 spiro atoms. The van der Waals surface area contributed by atoms with Crippen molar-refractivity contribution >= 4 is 10.9 Å². The van der Waals surface area contributed by atoms with Gasteiger partial charge >= 0.3 is 0 Å². The summed E-state index contributed by atoms with van der Waals surface area (Å²) in [5, 5.41) is 9.37. The van der Waals surface area contributed by atoms with Crippen LogP contribution < -0.4 is 11.2 Å². The summed E-state index contributed by atoms with van der Waals surface area (Å²) in [7, 11) is 0. The third-order valence-electron chi connectivity index (χ3n) is 4.17. The predicted molar refractivity (Wildman–Crippen MR) is 103 cm³/mol. The number of hydrogen-bond donors (Lipinski definition) is 2. The Morgan fingerprint density at radius 1 is 1.37 bits per heavy atom. The van der Waals surface area contributed by atoms with E-state index in [1.165, 1.54) is 0 Å². The summed E-state index contributed by atoms with van der Waals surface area (Å²) < 4.78 is 8.54. The highest BCUT2D eigenvalue weighted by Crippen LogP contribution is 2.19. The molecule has 0 aliphatic rings. The van der Waals surface area contributed by atoms with Gasteiger partial charge in [0.25, 0.3) is 0 Å². The van der Waals surface area contributed by atoms with Crippen molar-refractivity contribution in [3.63, 3.8) is 0 Å². The van der Waals surface area contributed by atoms with Gasteiger partial charge in [0.05, 0.1) is 24.1 Å². The molecule has 0 radical (unpaired) electrons. The van der Waals surface area contributed by atoms with Gasteiger partial charge in [-0.25, -0.2) is 4.98 Å². The Hall–Kier alpha value is -2.92. The summed E-state index contributed by atoms with van der Waals surface area (Å²) >= 11 is 0. The highest BCUT2D eigenvalue weighted by Gasteiger charge is 2.17. The minimum atomic E-state index is -0.337. The first-order valence-corrected chi connectivity index (χ1v) is 8.72. The molecule has 0 saturated carbocycles. The van der Waals surface area contributed by atoms with Crippen LogP contribution in [0.2, 0.25) is 0 Å². The van der Waals surface area contributed by atoms with Gasteiger partial charge in [-0.15, -0.1) is 0 Å². The largest absolute Gasteiger partial charge is 0.371 e. The minimum absolute atomic E-state index is 0.0817. The van der Waals surface area contributed by atoms with E-state index in [0.717, 1.165) is 11.2 Å². The van der Waals surface area contributed by atoms with Crippen LogP contribution in [0.4, 0.5) is 0 Å². The molecule has 0 amide bonds. The molecule has 0 aliphatic carbocycles. The molecule has 0 bridgehead atoms. The molecule has 0 unspecified atom stereocenters. The van der Waals surface area contributed by atoms with E-state index in [1.807, 2.05) is 29.7 Å². The molecule has 3 aromatic rings. The van der Waals surface area contributed by atoms with Crippen LogP contribution >= 0.6 is 0 Å². The van der Waals surface area contributed by atoms with Crippen LogP contribution in [0.15, 0.2) is 47.8 Å². The molecule has 0 fully saturated rings. The average molecular weight is 366 g/mol. The van der Waals surface area contributed by atoms with Crippen LogP contribution in [-0.2, 0) is 11.2 Å². The number of fused-ring (bicyclic) bond motifs is 1. The van der Waals surface area contributed by atoms with Crippen LogP contribution in [0.1, 0.15) is 12.6 Å². The molecule has 27 heavy (non-hydrogen) atoms. The lowest BCUT2D eigenvalue weighted by molar-refractivity contribution is -0.00865. The second kappa shape index (κ2) is 8.64. The molecule has 3 rings (SSSR count). The van der Waals surface area contributed by atoms with E-state index in [2.05, 4.69) is 16.9 Å². The van der Waals surface area contributed by atoms with Crippen molar-refractivity contribution in [3.05, 3.63) is 58.9 Å². The Bertz CT molecular complexity index is 1030. The molecule has 140 valence electrons. The Morgan fingerprint density at radius 3 is 2.89 bits per heavy atom. The summed E-state index contributed by atoms with van der Waals surface area (Å²) in [5.41, 5.74) is 7.73. The SMILES string of the molecule is C[C@H](C#Cn1c(CCN)c(-n2ccnc2)c(=O)c2ccccc21)COCO. The standard InChI is InChI=1S/C20H22N4O3/c1-15(12-27-14-25)7-10-24-17-5-3-2-4-16(17)20(26)19(18(24)6-8-21)23-11-9-22-13-23/h2-5,9,11,13,15,25H,6,8,12,14,21H2,1H3/t15-/m1/s1. The zero-order valence-electron chi connectivity index (χ0n) is 15.1. The first-order chi connectivity index (χ1) is 13.2. The first kappa shape index (κ1) is 18.9. The molecule has 2 aromatic heterocycles. The van der Waals surface area contributed by atoms with Crippen molar-refractivity contribution in [3.8, 4) is 17.7 Å². The number of nitrogens with two attached hydrogens (primary N) is 1. The van der Waals surface area contributed by atoms with Gasteiger partial charge in [-0.05, 0) is 25.6 Å². The molecule has 1 atom stereocenters. The lowest BCUT2D eigenvalue weighted by Crippen LogP contribution is -2.22. The zero-order valence-corrected chi connectivity index (χ0v) is 15.1. The molecular weight excluding hydrogens is 344 g/mol. The fourth-order valence-electron chi connectivity index (χ4n) is 2.97. The van der Waals surface area contributed by atoms with Crippen molar-refractivity contribution in [1.29, 1.82) is 0 Å². The van der Waals surface area contributed by atoms with Gasteiger partial charge in [-0.1, -0.05) is 18.1 Å². The number of ether oxygens (including phenoxy) is 1. The number of aromatic nitrogens is 3. The van der Waals surface area contributed by atoms with Crippen molar-refractivity contribution in [1.82, 2.24) is 14.1 Å². The van der Waals surface area contributed by atoms with E-state index in [0.29, 0.717) is 30.6 Å². The lowest BCUT2D eigenvalue weighted by Gasteiger charge is -2.16. The molecule has 3 N–H and O–H groups in total. The summed E-state index contributed by atoms with van der Waals surface area (Å²) in [5.74, 6) is 3.04. The maximum atomic E-state index is 13.2. The zero-order chi connectivity index (χ0) is 19.2. The van der Waals surface area contributed by atoms with Gasteiger partial charge in [-0.2, -0.15) is 0 Å². The Balaban J connectivity index is 2.27. The highest BCUT2D eigenvalue weighted by atomic mass is 16.6. The molecule has 7 heteroatoms. The van der Waals surface area contributed by atoms with Crippen LogP contribution in [0.5, 0.6) is 0 Å². The smallest absolute Gasteiger partial charge is 0.213 e. The summed E-state index contributed by atoms with van der Waals surface area (Å²) in [6.07, 6.45) is 5.46. The second-order valence-electron chi connectivity index (χ2n) is 6.14. The number of rotatable bonds is 6. The normalized spacial score (nSPS) is 12.0. The quantitative estimate of drug-likeness (QED) is 0.503. The first-order valence-electron chi connectivity index (χ1n) is 8.72. The molecule has 1 aromatic carbocycles. The fraction of sp³-hybridized carbons (Fsp3) is 0.300. The van der Waals surface area contributed by atoms with Crippen LogP contribution in [0.25, 0.3) is 16.6 Å². The van der Waals surface area contributed by atoms with E-state index in [1.54, 1.807) is 29.4 Å². The van der Waals surface area contributed by atoms with Crippen LogP contribution in [-0.4, -0.2) is 39.2 Å². The number of aliphatic hydroxyl groups is 1. The second-order valence-corrected chi connectivity index (χ2v) is 6.14. The third kappa shape index (κ3) is 3.93. The van der Waals surface area contributed by atoms with Gasteiger partial charge < -0.3 is 20.1 Å². The number of benzene rings is 1. The third-order valence-corrected chi connectivity index (χ3v) is 4.17. The number of pyridine rings is 1. The van der Waals surface area contributed by atoms with Crippen LogP contribution in [0, 0.1) is 17.9 Å². The van der Waals surface area contributed by atoms with E-state index in [4.69, 9.17) is 15.6 Å². The van der Waals surface area contributed by atoms with Crippen molar-refractivity contribution in [2.24, 2.45) is 11.7 Å². The Labute approximate surface area is 157 Å². The summed E-state index contributed by atoms with van der Waals surface area (Å²) in [6.45, 7) is 2.27. The molecule has 0 aliphatic heterocycles. The van der Waals surface area contributed by atoms with Gasteiger partial charge in [0.2, 0.25) is 5.43 Å². The van der Waals surface area contributed by atoms with E-state index in [9.17, 15) is 4.79 Å². The molecule has 7 nitrogen and oxygen atoms in total. The van der Waals surface area contributed by atoms with E-state index in [-0.39, 0.29) is 18.1 Å². The number of nitrogens with zero attached hydrogens (tertiary/aromatic N) is 3. The fourth-order valence-corrected chi connectivity index (χ4v) is 2.97. The van der Waals surface area contributed by atoms with Crippen molar-refractivity contribution in [2.45, 2.75) is 13.3 Å². The van der Waals surface area contributed by atoms with Crippen molar-refractivity contribution < 1.29 is 9.84 Å². The molecule has 2 heterocycles. The molecule has 0 saturated heterocycles.